The maximum absolute atomic E-state index is 8.17. The van der Waals surface area contributed by atoms with Gasteiger partial charge in [-0.1, -0.05) is 0 Å². The number of thiol groups is 1. The molecule has 2 nitrogen and oxygen atoms in total. The average Bonchev–Trinajstić information content (AvgIpc) is 1.68. The smallest absolute Gasteiger partial charge is 0.162 e. The van der Waals surface area contributed by atoms with Gasteiger partial charge >= 0.3 is 0 Å². The van der Waals surface area contributed by atoms with Crippen LogP contribution in [0.3, 0.4) is 0 Å². The molecule has 40 valence electrons. The molecule has 0 rings (SSSR count). The van der Waals surface area contributed by atoms with E-state index in [0.29, 0.717) is 0 Å². The fourth-order valence-corrected chi connectivity index (χ4v) is 0.0612. The first-order valence-corrected chi connectivity index (χ1v) is 2.23. The third kappa shape index (κ3) is 2.49. The number of hydrogen-bond acceptors (Lipinski definition) is 3. The fourth-order valence-electron chi connectivity index (χ4n) is 0.0204. The molecule has 0 aliphatic carbocycles. The van der Waals surface area contributed by atoms with Gasteiger partial charge in [0.25, 0.3) is 0 Å². The van der Waals surface area contributed by atoms with Gasteiger partial charge < -0.3 is 0 Å². The van der Waals surface area contributed by atoms with Crippen LogP contribution in [0.2, 0.25) is 0 Å². The molecule has 0 bridgehead atoms. The normalized spacial score (nSPS) is 10.6. The van der Waals surface area contributed by atoms with Crippen LogP contribution in [-0.2, 0) is 4.18 Å². The van der Waals surface area contributed by atoms with Crippen molar-refractivity contribution in [3.8, 4) is 6.07 Å². The van der Waals surface area contributed by atoms with Gasteiger partial charge in [0, 0.05) is 0 Å². The van der Waals surface area contributed by atoms with Crippen molar-refractivity contribution in [1.82, 2.24) is 0 Å². The van der Waals surface area contributed by atoms with Crippen LogP contribution in [0.5, 0.6) is 0 Å². The van der Waals surface area contributed by atoms with Gasteiger partial charge in [-0.2, -0.15) is 5.26 Å². The molecule has 0 aromatic rings. The molecule has 0 radical (unpaired) electrons. The first-order chi connectivity index (χ1) is 3.12. The van der Waals surface area contributed by atoms with Crippen LogP contribution in [0.15, 0.2) is 0 Å². The summed E-state index contributed by atoms with van der Waals surface area (Å²) in [5.74, 6) is 0. The van der Waals surface area contributed by atoms with Gasteiger partial charge in [-0.05, 0) is 26.8 Å². The number of nitriles is 1. The van der Waals surface area contributed by atoms with E-state index in [4.69, 9.17) is 5.26 Å². The Balaban J connectivity index is 3.66. The molecule has 0 aliphatic heterocycles. The molecule has 0 heterocycles. The predicted molar refractivity (Wildman–Crippen MR) is 29.8 cm³/mol. The lowest BCUT2D eigenvalue weighted by molar-refractivity contribution is 0.213. The Labute approximate surface area is 48.7 Å². The summed E-state index contributed by atoms with van der Waals surface area (Å²) in [4.78, 5) is 0. The quantitative estimate of drug-likeness (QED) is 0.413. The SMILES string of the molecule is CC(C)(C#N)OS. The monoisotopic (exact) mass is 117 g/mol. The van der Waals surface area contributed by atoms with Crippen LogP contribution < -0.4 is 0 Å². The second-order valence-electron chi connectivity index (χ2n) is 1.71. The molecule has 0 spiro atoms. The molecule has 0 saturated carbocycles. The molecule has 0 aromatic carbocycles. The Morgan fingerprint density at radius 3 is 2.14 bits per heavy atom. The van der Waals surface area contributed by atoms with Crippen molar-refractivity contribution in [3.63, 3.8) is 0 Å². The first-order valence-electron chi connectivity index (χ1n) is 1.86. The summed E-state index contributed by atoms with van der Waals surface area (Å²) in [5, 5.41) is 8.17. The van der Waals surface area contributed by atoms with Crippen LogP contribution in [0.25, 0.3) is 0 Å². The molecule has 0 fully saturated rings. The number of nitrogens with zero attached hydrogens (tertiary/aromatic N) is 1. The zero-order valence-corrected chi connectivity index (χ0v) is 5.20. The van der Waals surface area contributed by atoms with E-state index in [0.717, 1.165) is 0 Å². The van der Waals surface area contributed by atoms with Gasteiger partial charge in [0.2, 0.25) is 0 Å². The molecule has 0 aromatic heterocycles. The van der Waals surface area contributed by atoms with Crippen LogP contribution in [0.4, 0.5) is 0 Å². The maximum atomic E-state index is 8.17. The highest BCUT2D eigenvalue weighted by molar-refractivity contribution is 7.75. The fraction of sp³-hybridized carbons (Fsp3) is 0.750. The minimum absolute atomic E-state index is 0.747. The van der Waals surface area contributed by atoms with Gasteiger partial charge in [0.05, 0.1) is 6.07 Å². The minimum atomic E-state index is -0.747. The van der Waals surface area contributed by atoms with E-state index in [2.05, 4.69) is 17.1 Å². The third-order valence-corrected chi connectivity index (χ3v) is 0.954. The van der Waals surface area contributed by atoms with E-state index < -0.39 is 5.60 Å². The van der Waals surface area contributed by atoms with Crippen molar-refractivity contribution in [3.05, 3.63) is 0 Å². The van der Waals surface area contributed by atoms with E-state index in [9.17, 15) is 0 Å². The van der Waals surface area contributed by atoms with Crippen LogP contribution in [0.1, 0.15) is 13.8 Å². The van der Waals surface area contributed by atoms with E-state index >= 15 is 0 Å². The lowest BCUT2D eigenvalue weighted by Gasteiger charge is -2.08. The Bertz CT molecular complexity index is 94.4. The van der Waals surface area contributed by atoms with Gasteiger partial charge in [-0.3, -0.25) is 4.18 Å². The first kappa shape index (κ1) is 6.80. The highest BCUT2D eigenvalue weighted by Crippen LogP contribution is 2.07. The van der Waals surface area contributed by atoms with Crippen molar-refractivity contribution in [1.29, 1.82) is 5.26 Å². The van der Waals surface area contributed by atoms with Crippen LogP contribution in [-0.4, -0.2) is 5.60 Å². The molecule has 3 heteroatoms. The van der Waals surface area contributed by atoms with Crippen LogP contribution in [0, 0.1) is 11.3 Å². The van der Waals surface area contributed by atoms with E-state index in [-0.39, 0.29) is 0 Å². The summed E-state index contributed by atoms with van der Waals surface area (Å²) in [6.45, 7) is 3.28. The lowest BCUT2D eigenvalue weighted by Crippen LogP contribution is -2.15. The summed E-state index contributed by atoms with van der Waals surface area (Å²) in [5.41, 5.74) is -0.747. The average molecular weight is 117 g/mol. The highest BCUT2D eigenvalue weighted by atomic mass is 32.1. The summed E-state index contributed by atoms with van der Waals surface area (Å²) in [7, 11) is 0. The molecule has 0 unspecified atom stereocenters. The zero-order chi connectivity index (χ0) is 5.91. The van der Waals surface area contributed by atoms with E-state index in [1.54, 1.807) is 13.8 Å². The van der Waals surface area contributed by atoms with Crippen molar-refractivity contribution in [2.24, 2.45) is 0 Å². The molecular formula is C4H7NOS. The van der Waals surface area contributed by atoms with Crippen molar-refractivity contribution < 1.29 is 4.18 Å². The molecule has 7 heavy (non-hydrogen) atoms. The molecule has 0 saturated heterocycles. The topological polar surface area (TPSA) is 33.0 Å². The third-order valence-electron chi connectivity index (χ3n) is 0.497. The molecular weight excluding hydrogens is 110 g/mol. The lowest BCUT2D eigenvalue weighted by atomic mass is 10.2. The van der Waals surface area contributed by atoms with Crippen molar-refractivity contribution in [2.45, 2.75) is 19.4 Å². The Morgan fingerprint density at radius 2 is 2.14 bits per heavy atom. The Morgan fingerprint density at radius 1 is 1.71 bits per heavy atom. The Kier molecular flexibility index (Phi) is 2.13. The summed E-state index contributed by atoms with van der Waals surface area (Å²) in [6, 6.07) is 1.89. The van der Waals surface area contributed by atoms with Gasteiger partial charge in [0.1, 0.15) is 0 Å². The van der Waals surface area contributed by atoms with Crippen molar-refractivity contribution >= 4 is 12.9 Å². The van der Waals surface area contributed by atoms with Gasteiger partial charge in [-0.25, -0.2) is 0 Å². The zero-order valence-electron chi connectivity index (χ0n) is 4.30. The summed E-state index contributed by atoms with van der Waals surface area (Å²) < 4.78 is 4.42. The molecule has 0 atom stereocenters. The summed E-state index contributed by atoms with van der Waals surface area (Å²) in [6.07, 6.45) is 0. The summed E-state index contributed by atoms with van der Waals surface area (Å²) >= 11 is 3.46. The minimum Gasteiger partial charge on any atom is -0.298 e. The van der Waals surface area contributed by atoms with E-state index in [1.807, 2.05) is 6.07 Å². The second kappa shape index (κ2) is 2.20. The van der Waals surface area contributed by atoms with E-state index in [1.165, 1.54) is 0 Å². The number of rotatable bonds is 1. The standard InChI is InChI=1S/C4H7NOS/c1-4(2,3-5)6-7/h7H,1-2H3. The van der Waals surface area contributed by atoms with Gasteiger partial charge in [-0.15, -0.1) is 0 Å². The number of hydrogen-bond donors (Lipinski definition) is 1. The predicted octanol–water partition coefficient (Wildman–Crippen LogP) is 1.15. The van der Waals surface area contributed by atoms with Crippen molar-refractivity contribution in [2.75, 3.05) is 0 Å². The second-order valence-corrected chi connectivity index (χ2v) is 1.90. The molecule has 0 N–H and O–H groups in total. The highest BCUT2D eigenvalue weighted by Gasteiger charge is 2.13. The Hall–Kier alpha value is -0.200. The van der Waals surface area contributed by atoms with Gasteiger partial charge in [0.15, 0.2) is 5.60 Å². The molecule has 0 amide bonds. The largest absolute Gasteiger partial charge is 0.298 e. The molecule has 0 aliphatic rings. The van der Waals surface area contributed by atoms with Crippen LogP contribution >= 0.6 is 12.9 Å². The maximum Gasteiger partial charge on any atom is 0.162 e.